The lowest BCUT2D eigenvalue weighted by molar-refractivity contribution is 0.391. The summed E-state index contributed by atoms with van der Waals surface area (Å²) >= 11 is 10.8. The minimum atomic E-state index is 0.423. The Bertz CT molecular complexity index is 1080. The molecule has 0 amide bonds. The van der Waals surface area contributed by atoms with Gasteiger partial charge in [0.15, 0.2) is 5.82 Å². The van der Waals surface area contributed by atoms with Gasteiger partial charge in [-0.3, -0.25) is 0 Å². The normalized spacial score (nSPS) is 11.0. The molecule has 0 unspecified atom stereocenters. The summed E-state index contributed by atoms with van der Waals surface area (Å²) < 4.78 is 7.64. The molecule has 0 bridgehead atoms. The second-order valence-electron chi connectivity index (χ2n) is 5.46. The highest BCUT2D eigenvalue weighted by atomic mass is 79.9. The Kier molecular flexibility index (Phi) is 5.15. The van der Waals surface area contributed by atoms with Gasteiger partial charge in [-0.2, -0.15) is 4.98 Å². The first-order valence-corrected chi connectivity index (χ1v) is 9.94. The van der Waals surface area contributed by atoms with Gasteiger partial charge in [0.05, 0.1) is 5.75 Å². The molecule has 2 heterocycles. The number of hydrogen-bond donors (Lipinski definition) is 1. The number of halogens is 2. The van der Waals surface area contributed by atoms with Crippen LogP contribution in [-0.2, 0) is 5.75 Å². The Morgan fingerprint density at radius 3 is 2.67 bits per heavy atom. The lowest BCUT2D eigenvalue weighted by atomic mass is 10.2. The average molecular weight is 464 g/mol. The summed E-state index contributed by atoms with van der Waals surface area (Å²) in [6.45, 7) is 0. The number of aromatic nitrogens is 5. The van der Waals surface area contributed by atoms with Crippen LogP contribution in [0.5, 0.6) is 0 Å². The second-order valence-corrected chi connectivity index (χ2v) is 7.70. The Labute approximate surface area is 172 Å². The minimum Gasteiger partial charge on any atom is -0.338 e. The molecule has 27 heavy (non-hydrogen) atoms. The zero-order chi connectivity index (χ0) is 18.8. The van der Waals surface area contributed by atoms with Crippen molar-refractivity contribution in [2.45, 2.75) is 10.9 Å². The summed E-state index contributed by atoms with van der Waals surface area (Å²) in [6.07, 6.45) is 0. The van der Waals surface area contributed by atoms with Crippen molar-refractivity contribution in [1.29, 1.82) is 0 Å². The molecule has 2 N–H and O–H groups in total. The summed E-state index contributed by atoms with van der Waals surface area (Å²) in [7, 11) is 0. The van der Waals surface area contributed by atoms with Crippen LogP contribution >= 0.6 is 39.3 Å². The van der Waals surface area contributed by atoms with Gasteiger partial charge in [0.25, 0.3) is 0 Å². The van der Waals surface area contributed by atoms with E-state index in [9.17, 15) is 0 Å². The molecule has 7 nitrogen and oxygen atoms in total. The molecule has 0 saturated carbocycles. The number of hydrogen-bond acceptors (Lipinski definition) is 7. The zero-order valence-electron chi connectivity index (χ0n) is 13.7. The molecule has 0 aliphatic carbocycles. The van der Waals surface area contributed by atoms with E-state index in [1.54, 1.807) is 12.1 Å². The van der Waals surface area contributed by atoms with Crippen molar-refractivity contribution < 1.29 is 4.52 Å². The largest absolute Gasteiger partial charge is 0.338 e. The van der Waals surface area contributed by atoms with Crippen LogP contribution in [0.3, 0.4) is 0 Å². The van der Waals surface area contributed by atoms with Crippen molar-refractivity contribution in [2.75, 3.05) is 5.84 Å². The van der Waals surface area contributed by atoms with Gasteiger partial charge in [0.1, 0.15) is 0 Å². The van der Waals surface area contributed by atoms with Gasteiger partial charge in [0.2, 0.25) is 16.9 Å². The molecule has 0 radical (unpaired) electrons. The molecule has 4 rings (SSSR count). The van der Waals surface area contributed by atoms with Crippen molar-refractivity contribution in [2.24, 2.45) is 0 Å². The maximum Gasteiger partial charge on any atom is 0.237 e. The zero-order valence-corrected chi connectivity index (χ0v) is 16.9. The number of rotatable bonds is 5. The predicted molar refractivity (Wildman–Crippen MR) is 108 cm³/mol. The van der Waals surface area contributed by atoms with Crippen molar-refractivity contribution in [3.05, 3.63) is 63.9 Å². The first-order valence-electron chi connectivity index (χ1n) is 7.78. The second kappa shape index (κ2) is 7.71. The van der Waals surface area contributed by atoms with Crippen LogP contribution in [-0.4, -0.2) is 25.0 Å². The molecule has 0 aliphatic heterocycles. The van der Waals surface area contributed by atoms with Crippen LogP contribution in [0.15, 0.2) is 62.7 Å². The van der Waals surface area contributed by atoms with Crippen LogP contribution < -0.4 is 5.84 Å². The minimum absolute atomic E-state index is 0.423. The quantitative estimate of drug-likeness (QED) is 0.346. The number of benzene rings is 2. The molecular weight excluding hydrogens is 452 g/mol. The van der Waals surface area contributed by atoms with Crippen LogP contribution in [0, 0.1) is 0 Å². The van der Waals surface area contributed by atoms with Crippen LogP contribution in [0.1, 0.15) is 5.89 Å². The summed E-state index contributed by atoms with van der Waals surface area (Å²) in [5, 5.41) is 13.5. The van der Waals surface area contributed by atoms with Crippen molar-refractivity contribution in [3.63, 3.8) is 0 Å². The topological polar surface area (TPSA) is 95.7 Å². The highest BCUT2D eigenvalue weighted by Gasteiger charge is 2.16. The number of nitrogens with two attached hydrogens (primary N) is 1. The molecule has 0 fully saturated rings. The Morgan fingerprint density at radius 1 is 1.11 bits per heavy atom. The van der Waals surface area contributed by atoms with E-state index in [-0.39, 0.29) is 0 Å². The van der Waals surface area contributed by atoms with Crippen molar-refractivity contribution in [3.8, 4) is 22.8 Å². The fourth-order valence-electron chi connectivity index (χ4n) is 2.36. The highest BCUT2D eigenvalue weighted by molar-refractivity contribution is 9.10. The Hall–Kier alpha value is -2.36. The van der Waals surface area contributed by atoms with Gasteiger partial charge in [-0.1, -0.05) is 56.6 Å². The summed E-state index contributed by atoms with van der Waals surface area (Å²) in [5.74, 6) is 8.11. The maximum atomic E-state index is 6.15. The van der Waals surface area contributed by atoms with E-state index in [0.29, 0.717) is 33.5 Å². The smallest absolute Gasteiger partial charge is 0.237 e. The van der Waals surface area contributed by atoms with E-state index in [1.807, 2.05) is 36.4 Å². The van der Waals surface area contributed by atoms with E-state index < -0.39 is 0 Å². The third-order valence-corrected chi connectivity index (χ3v) is 5.55. The molecule has 4 aromatic rings. The summed E-state index contributed by atoms with van der Waals surface area (Å²) in [6, 6.07) is 14.9. The number of nitrogen functional groups attached to an aromatic ring is 1. The van der Waals surface area contributed by atoms with Crippen LogP contribution in [0.25, 0.3) is 22.8 Å². The molecular formula is C17H12BrClN6OS. The summed E-state index contributed by atoms with van der Waals surface area (Å²) in [5.41, 5.74) is 1.69. The monoisotopic (exact) mass is 462 g/mol. The molecule has 0 atom stereocenters. The van der Waals surface area contributed by atoms with E-state index >= 15 is 0 Å². The van der Waals surface area contributed by atoms with Gasteiger partial charge < -0.3 is 10.4 Å². The van der Waals surface area contributed by atoms with Crippen LogP contribution in [0.2, 0.25) is 5.02 Å². The Balaban J connectivity index is 1.49. The molecule has 2 aromatic carbocycles. The van der Waals surface area contributed by atoms with E-state index in [1.165, 1.54) is 16.4 Å². The highest BCUT2D eigenvalue weighted by Crippen LogP contribution is 2.29. The molecule has 136 valence electrons. The average Bonchev–Trinajstić information content (AvgIpc) is 3.28. The van der Waals surface area contributed by atoms with Crippen molar-refractivity contribution in [1.82, 2.24) is 25.0 Å². The lowest BCUT2D eigenvalue weighted by Gasteiger charge is -2.04. The predicted octanol–water partition coefficient (Wildman–Crippen LogP) is 4.42. The number of nitrogens with zero attached hydrogens (tertiary/aromatic N) is 5. The molecule has 10 heteroatoms. The first-order chi connectivity index (χ1) is 13.1. The Morgan fingerprint density at radius 2 is 1.89 bits per heavy atom. The molecule has 2 aromatic heterocycles. The first kappa shape index (κ1) is 18.0. The van der Waals surface area contributed by atoms with Gasteiger partial charge in [-0.05, 0) is 36.4 Å². The van der Waals surface area contributed by atoms with E-state index in [2.05, 4.69) is 36.3 Å². The molecule has 0 saturated heterocycles. The molecule has 0 spiro atoms. The maximum absolute atomic E-state index is 6.15. The van der Waals surface area contributed by atoms with Gasteiger partial charge in [0, 0.05) is 20.6 Å². The van der Waals surface area contributed by atoms with Crippen LogP contribution in [0.4, 0.5) is 0 Å². The van der Waals surface area contributed by atoms with Gasteiger partial charge in [-0.15, -0.1) is 10.2 Å². The van der Waals surface area contributed by atoms with Crippen molar-refractivity contribution >= 4 is 39.3 Å². The third kappa shape index (κ3) is 3.85. The fourth-order valence-corrected chi connectivity index (χ4v) is 3.64. The lowest BCUT2D eigenvalue weighted by Crippen LogP contribution is -2.11. The van der Waals surface area contributed by atoms with E-state index in [0.717, 1.165) is 15.6 Å². The third-order valence-electron chi connectivity index (χ3n) is 3.67. The van der Waals surface area contributed by atoms with E-state index in [4.69, 9.17) is 22.0 Å². The SMILES string of the molecule is Nn1c(SCc2nc(-c3ccc(Cl)cc3)no2)nnc1-c1ccccc1Br. The fraction of sp³-hybridized carbons (Fsp3) is 0.0588. The standard InChI is InChI=1S/C17H12BrClN6OS/c18-13-4-2-1-3-12(13)16-22-23-17(25(16)20)27-9-14-21-15(24-26-14)10-5-7-11(19)8-6-10/h1-8H,9,20H2. The number of thioether (sulfide) groups is 1. The van der Waals surface area contributed by atoms with Gasteiger partial charge in [-0.25, -0.2) is 4.68 Å². The molecule has 0 aliphatic rings. The summed E-state index contributed by atoms with van der Waals surface area (Å²) in [4.78, 5) is 4.39. The van der Waals surface area contributed by atoms with Gasteiger partial charge >= 0.3 is 0 Å².